The number of unbranched alkanes of at least 4 members (excludes halogenated alkanes) is 11. The standard InChI is InChI=1S/C80H113N3O26/c1-12-13-14-15-16-17-18-19-20-21-22-23-24-25-35-42-64(92)83-67-74(103-56(9)90)69(100-53(6)87)61(46-94-43-58-36-29-26-30-37-58)106-79(67)108-70-62(47-95-44-59-38-31-27-32-39-59)107-78(66(82-51(4)85)73(70)102-55(8)89)109-71-63(48-97-80-76(93-11)75(104-57(10)91)68(49(2)98-80)99-52(5)86)105-77(96-45-60-40-33-28-34-41-60)65(81-50(3)84)72(71)101-54(7)88/h17-18,26-34,36-41,49,61-63,65-80H,12-16,19-25,35,42-48H2,1-11H3,(H,81,84)(H,82,85)(H,83,92)/b18-17-/t49-,61+,62+,63+,65+,66+,67+,68+,69+,70+,71+,72+,73+,74+,75+,76-,77+,78-,79-,80+/m0/s1. The van der Waals surface area contributed by atoms with Gasteiger partial charge in [0.25, 0.3) is 0 Å². The van der Waals surface area contributed by atoms with Crippen molar-refractivity contribution in [1.82, 2.24) is 16.0 Å². The van der Waals surface area contributed by atoms with Gasteiger partial charge in [-0.05, 0) is 55.7 Å². The minimum atomic E-state index is -1.85. The van der Waals surface area contributed by atoms with E-state index in [9.17, 15) is 43.2 Å². The van der Waals surface area contributed by atoms with E-state index in [0.29, 0.717) is 17.5 Å². The van der Waals surface area contributed by atoms with E-state index >= 15 is 0 Å². The van der Waals surface area contributed by atoms with Crippen molar-refractivity contribution in [1.29, 1.82) is 0 Å². The lowest BCUT2D eigenvalue weighted by Gasteiger charge is -2.51. The molecule has 109 heavy (non-hydrogen) atoms. The summed E-state index contributed by atoms with van der Waals surface area (Å²) in [7, 11) is 1.29. The summed E-state index contributed by atoms with van der Waals surface area (Å²) >= 11 is 0. The molecule has 4 heterocycles. The molecule has 3 amide bonds. The molecular formula is C80H113N3O26. The summed E-state index contributed by atoms with van der Waals surface area (Å²) in [5, 5.41) is 8.65. The zero-order valence-electron chi connectivity index (χ0n) is 64.6. The summed E-state index contributed by atoms with van der Waals surface area (Å²) in [6, 6.07) is 22.6. The van der Waals surface area contributed by atoms with Crippen LogP contribution >= 0.6 is 0 Å². The fraction of sp³-hybridized carbons (Fsp3) is 0.637. The summed E-state index contributed by atoms with van der Waals surface area (Å²) < 4.78 is 109. The number of ether oxygens (including phenoxy) is 17. The van der Waals surface area contributed by atoms with Crippen molar-refractivity contribution in [2.75, 3.05) is 26.9 Å². The van der Waals surface area contributed by atoms with E-state index in [4.69, 9.17) is 80.5 Å². The third-order valence-corrected chi connectivity index (χ3v) is 18.5. The van der Waals surface area contributed by atoms with Crippen molar-refractivity contribution >= 4 is 53.5 Å². The van der Waals surface area contributed by atoms with Gasteiger partial charge in [-0.3, -0.25) is 43.2 Å². The monoisotopic (exact) mass is 1530 g/mol. The Kier molecular flexibility index (Phi) is 37.9. The van der Waals surface area contributed by atoms with Crippen LogP contribution in [0.5, 0.6) is 0 Å². The Morgan fingerprint density at radius 3 is 1.21 bits per heavy atom. The lowest BCUT2D eigenvalue weighted by molar-refractivity contribution is -0.361. The Labute approximate surface area is 638 Å². The fourth-order valence-electron chi connectivity index (χ4n) is 13.7. The first-order chi connectivity index (χ1) is 52.4. The lowest BCUT2D eigenvalue weighted by atomic mass is 9.93. The molecule has 0 spiro atoms. The van der Waals surface area contributed by atoms with Crippen LogP contribution in [0.15, 0.2) is 103 Å². The maximum atomic E-state index is 14.6. The van der Waals surface area contributed by atoms with Crippen LogP contribution in [0.4, 0.5) is 0 Å². The molecule has 4 aliphatic heterocycles. The van der Waals surface area contributed by atoms with E-state index in [2.05, 4.69) is 35.0 Å². The topological polar surface area (TPSA) is 347 Å². The molecule has 0 aliphatic carbocycles. The van der Waals surface area contributed by atoms with E-state index in [1.165, 1.54) is 53.6 Å². The number of carbonyl (C=O) groups is 9. The summed E-state index contributed by atoms with van der Waals surface area (Å²) in [4.78, 5) is 122. The molecule has 0 unspecified atom stereocenters. The zero-order chi connectivity index (χ0) is 78.8. The predicted octanol–water partition coefficient (Wildman–Crippen LogP) is 8.48. The van der Waals surface area contributed by atoms with Crippen LogP contribution in [-0.2, 0) is 143 Å². The number of hydrogen-bond donors (Lipinski definition) is 3. The Balaban J connectivity index is 1.30. The average molecular weight is 1530 g/mol. The first kappa shape index (κ1) is 88.4. The molecule has 20 atom stereocenters. The van der Waals surface area contributed by atoms with E-state index < -0.39 is 189 Å². The number of rotatable bonds is 43. The number of esters is 6. The number of amides is 3. The van der Waals surface area contributed by atoms with Crippen molar-refractivity contribution < 1.29 is 124 Å². The van der Waals surface area contributed by atoms with Crippen LogP contribution in [0.1, 0.15) is 176 Å². The molecule has 0 aromatic heterocycles. The van der Waals surface area contributed by atoms with E-state index in [1.54, 1.807) is 31.2 Å². The smallest absolute Gasteiger partial charge is 0.303 e. The molecule has 604 valence electrons. The third kappa shape index (κ3) is 29.4. The molecule has 29 nitrogen and oxygen atoms in total. The minimum Gasteiger partial charge on any atom is -0.457 e. The maximum absolute atomic E-state index is 14.6. The fourth-order valence-corrected chi connectivity index (χ4v) is 13.7. The maximum Gasteiger partial charge on any atom is 0.303 e. The second kappa shape index (κ2) is 46.8. The second-order valence-electron chi connectivity index (χ2n) is 27.7. The summed E-state index contributed by atoms with van der Waals surface area (Å²) in [6.07, 6.45) is -7.39. The Morgan fingerprint density at radius 2 is 0.752 bits per heavy atom. The quantitative estimate of drug-likeness (QED) is 0.0207. The van der Waals surface area contributed by atoms with Crippen molar-refractivity contribution in [3.63, 3.8) is 0 Å². The molecule has 3 aromatic rings. The largest absolute Gasteiger partial charge is 0.457 e. The summed E-state index contributed by atoms with van der Waals surface area (Å²) in [5.41, 5.74) is 2.16. The highest BCUT2D eigenvalue weighted by atomic mass is 16.8. The van der Waals surface area contributed by atoms with Gasteiger partial charge in [-0.1, -0.05) is 161 Å². The van der Waals surface area contributed by atoms with Crippen LogP contribution in [0.25, 0.3) is 0 Å². The summed E-state index contributed by atoms with van der Waals surface area (Å²) in [5.74, 6) is -6.75. The molecule has 0 saturated carbocycles. The number of methoxy groups -OCH3 is 1. The van der Waals surface area contributed by atoms with Gasteiger partial charge in [-0.25, -0.2) is 0 Å². The van der Waals surface area contributed by atoms with Crippen molar-refractivity contribution in [3.05, 3.63) is 120 Å². The molecule has 4 fully saturated rings. The molecule has 3 aromatic carbocycles. The number of carbonyl (C=O) groups excluding carboxylic acids is 9. The molecule has 4 aliphatic rings. The van der Waals surface area contributed by atoms with Crippen LogP contribution in [-0.4, -0.2) is 203 Å². The molecule has 0 bridgehead atoms. The van der Waals surface area contributed by atoms with Crippen molar-refractivity contribution in [3.8, 4) is 0 Å². The van der Waals surface area contributed by atoms with Gasteiger partial charge >= 0.3 is 35.8 Å². The van der Waals surface area contributed by atoms with Gasteiger partial charge in [-0.15, -0.1) is 0 Å². The highest BCUT2D eigenvalue weighted by Crippen LogP contribution is 2.38. The highest BCUT2D eigenvalue weighted by Gasteiger charge is 2.59. The number of hydrogen-bond acceptors (Lipinski definition) is 26. The van der Waals surface area contributed by atoms with E-state index in [0.717, 1.165) is 91.5 Å². The van der Waals surface area contributed by atoms with Gasteiger partial charge < -0.3 is 96.5 Å². The molecular weight excluding hydrogens is 1420 g/mol. The van der Waals surface area contributed by atoms with Gasteiger partial charge in [-0.2, -0.15) is 0 Å². The van der Waals surface area contributed by atoms with Gasteiger partial charge in [0, 0.05) is 68.9 Å². The van der Waals surface area contributed by atoms with Gasteiger partial charge in [0.15, 0.2) is 61.8 Å². The molecule has 4 saturated heterocycles. The van der Waals surface area contributed by atoms with Crippen LogP contribution in [0, 0.1) is 0 Å². The molecule has 3 N–H and O–H groups in total. The first-order valence-electron chi connectivity index (χ1n) is 37.9. The van der Waals surface area contributed by atoms with Crippen LogP contribution in [0.3, 0.4) is 0 Å². The van der Waals surface area contributed by atoms with Gasteiger partial charge in [0.1, 0.15) is 54.7 Å². The Morgan fingerprint density at radius 1 is 0.376 bits per heavy atom. The number of benzene rings is 3. The molecule has 7 rings (SSSR count). The molecule has 0 radical (unpaired) electrons. The van der Waals surface area contributed by atoms with Crippen LogP contribution in [0.2, 0.25) is 0 Å². The minimum absolute atomic E-state index is 0.00214. The SMILES string of the molecule is CCCCCC/C=C\CCCCCCCCCC(=O)N[C@H]1[C@H](O[C@H]2[C@H](OC(C)=O)[C@@H](NC(C)=O)[C@H](O[C@H]3[C@H](OC(C)=O)[C@@H](NC(C)=O)[C@H](OCc4ccccc4)O[C@@H]3CO[C@@H]3O[C@@H](C)[C@@H](OC(C)=O)[C@@H](OC(C)=O)[C@@H]3OC)O[C@@H]2COCc2ccccc2)O[C@H](COCc2ccccc2)[C@@H](OC(C)=O)[C@@H]1OC(C)=O. The number of allylic oxidation sites excluding steroid dienone is 2. The predicted molar refractivity (Wildman–Crippen MR) is 390 cm³/mol. The Bertz CT molecular complexity index is 3320. The molecule has 29 heteroatoms. The van der Waals surface area contributed by atoms with E-state index in [1.807, 2.05) is 66.7 Å². The Hall–Kier alpha value is -7.81. The van der Waals surface area contributed by atoms with Crippen molar-refractivity contribution in [2.24, 2.45) is 0 Å². The van der Waals surface area contributed by atoms with Crippen LogP contribution < -0.4 is 16.0 Å². The highest BCUT2D eigenvalue weighted by molar-refractivity contribution is 5.77. The average Bonchev–Trinajstić information content (AvgIpc) is 0.761. The summed E-state index contributed by atoms with van der Waals surface area (Å²) in [6.45, 7) is 11.6. The second-order valence-corrected chi connectivity index (χ2v) is 27.7. The van der Waals surface area contributed by atoms with E-state index in [-0.39, 0.29) is 32.8 Å². The van der Waals surface area contributed by atoms with Gasteiger partial charge in [0.05, 0.1) is 45.7 Å². The van der Waals surface area contributed by atoms with Gasteiger partial charge in [0.2, 0.25) is 17.7 Å². The van der Waals surface area contributed by atoms with Crippen molar-refractivity contribution in [2.45, 2.75) is 302 Å². The number of nitrogens with one attached hydrogen (secondary N) is 3. The normalized spacial score (nSPS) is 28.2. The first-order valence-corrected chi connectivity index (χ1v) is 37.9. The lowest BCUT2D eigenvalue weighted by Crippen LogP contribution is -2.72. The third-order valence-electron chi connectivity index (χ3n) is 18.5. The zero-order valence-corrected chi connectivity index (χ0v) is 64.6.